The van der Waals surface area contributed by atoms with E-state index in [0.29, 0.717) is 28.5 Å². The lowest BCUT2D eigenvalue weighted by molar-refractivity contribution is -0.370. The van der Waals surface area contributed by atoms with Gasteiger partial charge in [0.1, 0.15) is 11.5 Å². The number of fused-ring (bicyclic) bond motifs is 2. The van der Waals surface area contributed by atoms with Crippen LogP contribution in [0.3, 0.4) is 0 Å². The molecule has 0 amide bonds. The van der Waals surface area contributed by atoms with E-state index in [2.05, 4.69) is 45.2 Å². The summed E-state index contributed by atoms with van der Waals surface area (Å²) in [5.74, 6) is 1.16. The molecule has 184 valence electrons. The van der Waals surface area contributed by atoms with Crippen molar-refractivity contribution in [2.24, 2.45) is 0 Å². The average Bonchev–Trinajstić information content (AvgIpc) is 3.49. The predicted molar refractivity (Wildman–Crippen MR) is 158 cm³/mol. The SMILES string of the molecule is Cc1ccc(C2=C3C=CC(Oc4ccccc4I)=[N+]3[B-](F)(F)n3c(Oc4ccccc4I)ccc32)cc1. The lowest BCUT2D eigenvalue weighted by Gasteiger charge is -2.32. The zero-order chi connectivity index (χ0) is 25.7. The molecule has 0 saturated carbocycles. The molecule has 0 spiro atoms. The summed E-state index contributed by atoms with van der Waals surface area (Å²) in [4.78, 5) is 0. The van der Waals surface area contributed by atoms with Gasteiger partial charge in [0.25, 0.3) is 0 Å². The number of ether oxygens (including phenoxy) is 2. The zero-order valence-electron chi connectivity index (χ0n) is 19.5. The molecular formula is C28H19BF2I2N2O2. The Morgan fingerprint density at radius 2 is 1.38 bits per heavy atom. The molecule has 2 aliphatic heterocycles. The molecule has 3 heterocycles. The lowest BCUT2D eigenvalue weighted by Crippen LogP contribution is -2.51. The maximum Gasteiger partial charge on any atom is 0.742 e. The minimum atomic E-state index is -4.35. The van der Waals surface area contributed by atoms with Gasteiger partial charge in [0, 0.05) is 11.8 Å². The number of hydrogen-bond donors (Lipinski definition) is 0. The molecule has 0 unspecified atom stereocenters. The highest BCUT2D eigenvalue weighted by Gasteiger charge is 2.56. The van der Waals surface area contributed by atoms with E-state index in [-0.39, 0.29) is 11.8 Å². The Kier molecular flexibility index (Phi) is 6.22. The van der Waals surface area contributed by atoms with Crippen LogP contribution in [0.2, 0.25) is 0 Å². The van der Waals surface area contributed by atoms with Gasteiger partial charge in [-0.2, -0.15) is 0 Å². The molecule has 4 aromatic rings. The van der Waals surface area contributed by atoms with Gasteiger partial charge in [-0.15, -0.1) is 0 Å². The van der Waals surface area contributed by atoms with E-state index in [1.54, 1.807) is 36.4 Å². The minimum absolute atomic E-state index is 0.0633. The van der Waals surface area contributed by atoms with E-state index < -0.39 is 6.97 Å². The molecule has 0 fully saturated rings. The van der Waals surface area contributed by atoms with Crippen molar-refractivity contribution in [1.29, 1.82) is 0 Å². The number of aryl methyl sites for hydroxylation is 1. The van der Waals surface area contributed by atoms with Gasteiger partial charge in [-0.25, -0.2) is 0 Å². The second kappa shape index (κ2) is 9.43. The molecule has 6 rings (SSSR count). The van der Waals surface area contributed by atoms with Crippen molar-refractivity contribution in [2.75, 3.05) is 0 Å². The third kappa shape index (κ3) is 4.21. The molecule has 0 N–H and O–H groups in total. The normalized spacial score (nSPS) is 15.6. The predicted octanol–water partition coefficient (Wildman–Crippen LogP) is 7.85. The van der Waals surface area contributed by atoms with E-state index in [9.17, 15) is 0 Å². The topological polar surface area (TPSA) is 26.4 Å². The van der Waals surface area contributed by atoms with Gasteiger partial charge < -0.3 is 22.6 Å². The van der Waals surface area contributed by atoms with E-state index in [0.717, 1.165) is 27.2 Å². The first-order chi connectivity index (χ1) is 17.8. The molecule has 4 nitrogen and oxygen atoms in total. The molecule has 0 aliphatic carbocycles. The number of para-hydroxylation sites is 2. The maximum atomic E-state index is 16.5. The molecule has 0 atom stereocenters. The Labute approximate surface area is 240 Å². The molecule has 0 bridgehead atoms. The smallest absolute Gasteiger partial charge is 0.443 e. The van der Waals surface area contributed by atoms with Crippen molar-refractivity contribution in [2.45, 2.75) is 6.92 Å². The summed E-state index contributed by atoms with van der Waals surface area (Å²) >= 11 is 4.28. The summed E-state index contributed by atoms with van der Waals surface area (Å²) in [5.41, 5.74) is 3.38. The first kappa shape index (κ1) is 24.4. The summed E-state index contributed by atoms with van der Waals surface area (Å²) in [6, 6.07) is 25.9. The zero-order valence-corrected chi connectivity index (χ0v) is 23.9. The van der Waals surface area contributed by atoms with Crippen molar-refractivity contribution in [3.63, 3.8) is 0 Å². The van der Waals surface area contributed by atoms with Crippen LogP contribution in [0.1, 0.15) is 16.8 Å². The first-order valence-corrected chi connectivity index (χ1v) is 13.7. The highest BCUT2D eigenvalue weighted by atomic mass is 127. The Hall–Kier alpha value is -2.93. The van der Waals surface area contributed by atoms with Crippen LogP contribution in [-0.4, -0.2) is 21.8 Å². The monoisotopic (exact) mass is 718 g/mol. The van der Waals surface area contributed by atoms with E-state index in [1.165, 1.54) is 0 Å². The summed E-state index contributed by atoms with van der Waals surface area (Å²) in [7, 11) is 0. The average molecular weight is 718 g/mol. The van der Waals surface area contributed by atoms with Gasteiger partial charge in [0.2, 0.25) is 0 Å². The fourth-order valence-electron chi connectivity index (χ4n) is 4.62. The third-order valence-electron chi connectivity index (χ3n) is 6.34. The number of aromatic nitrogens is 1. The molecule has 9 heteroatoms. The quantitative estimate of drug-likeness (QED) is 0.159. The highest BCUT2D eigenvalue weighted by Crippen LogP contribution is 2.43. The summed E-state index contributed by atoms with van der Waals surface area (Å²) in [6.07, 6.45) is 3.31. The number of nitrogens with zero attached hydrogens (tertiary/aromatic N) is 2. The second-order valence-electron chi connectivity index (χ2n) is 8.75. The van der Waals surface area contributed by atoms with Crippen LogP contribution in [0.5, 0.6) is 17.4 Å². The lowest BCUT2D eigenvalue weighted by atomic mass is 9.86. The van der Waals surface area contributed by atoms with Crippen LogP contribution in [-0.2, 0) is 0 Å². The Morgan fingerprint density at radius 1 is 0.757 bits per heavy atom. The Bertz CT molecular complexity index is 1640. The van der Waals surface area contributed by atoms with Gasteiger partial charge >= 0.3 is 12.9 Å². The summed E-state index contributed by atoms with van der Waals surface area (Å²) < 4.78 is 48.9. The fourth-order valence-corrected chi connectivity index (χ4v) is 5.61. The molecule has 1 aromatic heterocycles. The van der Waals surface area contributed by atoms with Crippen LogP contribution < -0.4 is 9.47 Å². The van der Waals surface area contributed by atoms with E-state index in [1.807, 2.05) is 67.6 Å². The van der Waals surface area contributed by atoms with Crippen LogP contribution in [0.25, 0.3) is 5.57 Å². The summed E-state index contributed by atoms with van der Waals surface area (Å²) in [6.45, 7) is -2.35. The molecule has 37 heavy (non-hydrogen) atoms. The third-order valence-corrected chi connectivity index (χ3v) is 8.12. The van der Waals surface area contributed by atoms with Crippen LogP contribution in [0, 0.1) is 14.1 Å². The maximum absolute atomic E-state index is 16.5. The van der Waals surface area contributed by atoms with Crippen LogP contribution in [0.4, 0.5) is 8.63 Å². The Morgan fingerprint density at radius 3 is 2.03 bits per heavy atom. The van der Waals surface area contributed by atoms with Crippen molar-refractivity contribution >= 4 is 63.6 Å². The fraction of sp³-hybridized carbons (Fsp3) is 0.0357. The standard InChI is InChI=1S/C28H19BF2I2N2O2/c1-18-10-12-19(13-11-18)28-22-14-16-26(36-24-8-4-2-6-20(24)32)34(22)29(30,31)35-23(28)15-17-27(35)37-25-9-5-3-7-21(25)33/h2-17H,1H3. The number of hydrogen-bond acceptors (Lipinski definition) is 2. The highest BCUT2D eigenvalue weighted by molar-refractivity contribution is 14.1. The largest absolute Gasteiger partial charge is 0.742 e. The van der Waals surface area contributed by atoms with Gasteiger partial charge in [0.15, 0.2) is 11.6 Å². The first-order valence-electron chi connectivity index (χ1n) is 11.6. The second-order valence-corrected chi connectivity index (χ2v) is 11.1. The molecular weight excluding hydrogens is 699 g/mol. The Balaban J connectivity index is 1.57. The van der Waals surface area contributed by atoms with Gasteiger partial charge in [-0.1, -0.05) is 54.1 Å². The van der Waals surface area contributed by atoms with Crippen molar-refractivity contribution in [3.8, 4) is 17.4 Å². The summed E-state index contributed by atoms with van der Waals surface area (Å²) in [5, 5.41) is 0. The van der Waals surface area contributed by atoms with E-state index in [4.69, 9.17) is 9.47 Å². The molecule has 0 radical (unpaired) electrons. The van der Waals surface area contributed by atoms with Crippen molar-refractivity contribution < 1.29 is 22.6 Å². The molecule has 2 aliphatic rings. The number of halogens is 4. The van der Waals surface area contributed by atoms with Crippen molar-refractivity contribution in [3.05, 3.63) is 127 Å². The number of rotatable bonds is 4. The minimum Gasteiger partial charge on any atom is -0.443 e. The number of benzene rings is 3. The van der Waals surface area contributed by atoms with Crippen LogP contribution in [0.15, 0.2) is 103 Å². The molecule has 0 saturated heterocycles. The number of allylic oxidation sites excluding steroid dienone is 1. The van der Waals surface area contributed by atoms with Gasteiger partial charge in [-0.3, -0.25) is 4.49 Å². The van der Waals surface area contributed by atoms with Crippen molar-refractivity contribution in [1.82, 2.24) is 4.48 Å². The van der Waals surface area contributed by atoms with E-state index >= 15 is 8.63 Å². The van der Waals surface area contributed by atoms with Gasteiger partial charge in [0.05, 0.1) is 18.8 Å². The molecule has 3 aromatic carbocycles. The van der Waals surface area contributed by atoms with Gasteiger partial charge in [-0.05, 0) is 94.1 Å². The van der Waals surface area contributed by atoms with Crippen LogP contribution >= 0.6 is 45.2 Å².